The maximum Gasteiger partial charge on any atom is 0.517 e. The zero-order chi connectivity index (χ0) is 18.4. The van der Waals surface area contributed by atoms with E-state index in [2.05, 4.69) is 15.9 Å². The average Bonchev–Trinajstić information content (AvgIpc) is 2.68. The van der Waals surface area contributed by atoms with Crippen molar-refractivity contribution >= 4 is 26.0 Å². The second kappa shape index (κ2) is 6.03. The Labute approximate surface area is 148 Å². The van der Waals surface area contributed by atoms with Crippen molar-refractivity contribution in [3.8, 4) is 11.3 Å². The molecule has 1 aliphatic carbocycles. The molecule has 0 aromatic rings. The fourth-order valence-corrected chi connectivity index (χ4v) is 3.87. The van der Waals surface area contributed by atoms with E-state index in [4.69, 9.17) is 4.42 Å². The van der Waals surface area contributed by atoms with Gasteiger partial charge in [0.05, 0.1) is 5.56 Å². The van der Waals surface area contributed by atoms with Crippen molar-refractivity contribution in [3.63, 3.8) is 0 Å². The van der Waals surface area contributed by atoms with Crippen LogP contribution in [-0.4, -0.2) is 18.2 Å². The van der Waals surface area contributed by atoms with Gasteiger partial charge in [0.25, 0.3) is 0 Å². The van der Waals surface area contributed by atoms with Gasteiger partial charge in [-0.2, -0.15) is 21.6 Å². The van der Waals surface area contributed by atoms with Gasteiger partial charge in [0, 0.05) is 28.4 Å². The van der Waals surface area contributed by atoms with Crippen molar-refractivity contribution in [3.05, 3.63) is 69.3 Å². The van der Waals surface area contributed by atoms with Gasteiger partial charge in [0.15, 0.2) is 0 Å². The minimum absolute atomic E-state index is 0.0559. The predicted octanol–water partition coefficient (Wildman–Crippen LogP) is 3.74. The smallest absolute Gasteiger partial charge is 0.422 e. The lowest BCUT2D eigenvalue weighted by Crippen LogP contribution is -2.35. The second-order valence-electron chi connectivity index (χ2n) is 5.11. The number of halogens is 4. The normalized spacial score (nSPS) is 18.5. The monoisotopic (exact) mass is 435 g/mol. The number of alkyl halides is 3. The van der Waals surface area contributed by atoms with E-state index < -0.39 is 27.1 Å². The fourth-order valence-electron chi connectivity index (χ4n) is 2.41. The minimum atomic E-state index is -5.55. The Morgan fingerprint density at radius 1 is 1.16 bits per heavy atom. The van der Waals surface area contributed by atoms with Crippen molar-refractivity contribution in [2.45, 2.75) is 11.4 Å². The van der Waals surface area contributed by atoms with E-state index >= 15 is 0 Å². The SMILES string of the molecule is O=c1oc2cccccc-2c1C1C=CN(S(=O)(=O)C(F)(F)F)C=C1Br. The van der Waals surface area contributed by atoms with Gasteiger partial charge < -0.3 is 4.42 Å². The van der Waals surface area contributed by atoms with E-state index in [1.807, 2.05) is 0 Å². The number of furan rings is 1. The lowest BCUT2D eigenvalue weighted by atomic mass is 9.95. The molecule has 0 spiro atoms. The van der Waals surface area contributed by atoms with Gasteiger partial charge in [-0.25, -0.2) is 9.10 Å². The molecule has 132 valence electrons. The Morgan fingerprint density at radius 2 is 1.84 bits per heavy atom. The summed E-state index contributed by atoms with van der Waals surface area (Å²) in [6.45, 7) is 0. The molecule has 10 heteroatoms. The topological polar surface area (TPSA) is 67.6 Å². The largest absolute Gasteiger partial charge is 0.517 e. The molecule has 0 aromatic heterocycles. The van der Waals surface area contributed by atoms with Crippen LogP contribution in [0.15, 0.2) is 62.5 Å². The molecule has 0 amide bonds. The summed E-state index contributed by atoms with van der Waals surface area (Å²) in [6.07, 6.45) is 2.72. The summed E-state index contributed by atoms with van der Waals surface area (Å²) in [4.78, 5) is 12.2. The fraction of sp³-hybridized carbons (Fsp3) is 0.133. The molecule has 5 nitrogen and oxygen atoms in total. The molecule has 0 saturated carbocycles. The lowest BCUT2D eigenvalue weighted by molar-refractivity contribution is -0.0468. The summed E-state index contributed by atoms with van der Waals surface area (Å²) >= 11 is 3.06. The van der Waals surface area contributed by atoms with Gasteiger partial charge in [-0.3, -0.25) is 0 Å². The van der Waals surface area contributed by atoms with Crippen LogP contribution in [0.1, 0.15) is 11.5 Å². The summed E-state index contributed by atoms with van der Waals surface area (Å²) in [7, 11) is -5.55. The zero-order valence-electron chi connectivity index (χ0n) is 12.2. The molecule has 1 unspecified atom stereocenters. The van der Waals surface area contributed by atoms with E-state index in [1.54, 1.807) is 30.3 Å². The highest BCUT2D eigenvalue weighted by Crippen LogP contribution is 2.40. The highest BCUT2D eigenvalue weighted by molar-refractivity contribution is 9.11. The van der Waals surface area contributed by atoms with Crippen molar-refractivity contribution < 1.29 is 26.0 Å². The third kappa shape index (κ3) is 2.99. The number of fused-ring (bicyclic) bond motifs is 1. The number of rotatable bonds is 2. The quantitative estimate of drug-likeness (QED) is 0.720. The van der Waals surface area contributed by atoms with Gasteiger partial charge in [0.1, 0.15) is 5.76 Å². The molecular formula is C15H9BrF3NO4S. The molecule has 3 aliphatic rings. The van der Waals surface area contributed by atoms with Gasteiger partial charge in [-0.05, 0) is 6.07 Å². The van der Waals surface area contributed by atoms with Crippen LogP contribution >= 0.6 is 15.9 Å². The molecule has 2 heterocycles. The number of allylic oxidation sites excluding steroid dienone is 2. The average molecular weight is 436 g/mol. The van der Waals surface area contributed by atoms with E-state index in [-0.39, 0.29) is 14.4 Å². The summed E-state index contributed by atoms with van der Waals surface area (Å²) in [5, 5.41) is 0. The van der Waals surface area contributed by atoms with E-state index in [0.717, 1.165) is 12.4 Å². The van der Waals surface area contributed by atoms with Gasteiger partial charge in [-0.1, -0.05) is 46.3 Å². The first-order valence-corrected chi connectivity index (χ1v) is 9.03. The summed E-state index contributed by atoms with van der Waals surface area (Å²) in [5.41, 5.74) is -5.39. The van der Waals surface area contributed by atoms with Crippen molar-refractivity contribution in [1.82, 2.24) is 4.31 Å². The molecule has 0 aromatic carbocycles. The Kier molecular flexibility index (Phi) is 4.28. The van der Waals surface area contributed by atoms with E-state index in [0.29, 0.717) is 11.3 Å². The van der Waals surface area contributed by atoms with Crippen molar-refractivity contribution in [2.24, 2.45) is 0 Å². The predicted molar refractivity (Wildman–Crippen MR) is 87.3 cm³/mol. The van der Waals surface area contributed by atoms with Crippen LogP contribution < -0.4 is 5.63 Å². The molecule has 0 bridgehead atoms. The first kappa shape index (κ1) is 17.7. The van der Waals surface area contributed by atoms with E-state index in [9.17, 15) is 26.4 Å². The lowest BCUT2D eigenvalue weighted by Gasteiger charge is -2.24. The van der Waals surface area contributed by atoms with Gasteiger partial charge in [-0.15, -0.1) is 0 Å². The Morgan fingerprint density at radius 3 is 2.48 bits per heavy atom. The summed E-state index contributed by atoms with van der Waals surface area (Å²) in [6, 6.07) is 8.32. The highest BCUT2D eigenvalue weighted by Gasteiger charge is 2.49. The van der Waals surface area contributed by atoms with Crippen LogP contribution in [0.5, 0.6) is 0 Å². The number of nitrogens with zero attached hydrogens (tertiary/aromatic N) is 1. The van der Waals surface area contributed by atoms with Crippen LogP contribution in [0.3, 0.4) is 0 Å². The van der Waals surface area contributed by atoms with Crippen LogP contribution in [0.2, 0.25) is 0 Å². The van der Waals surface area contributed by atoms with Crippen LogP contribution in [-0.2, 0) is 10.0 Å². The molecule has 1 atom stereocenters. The zero-order valence-corrected chi connectivity index (χ0v) is 14.6. The molecule has 3 rings (SSSR count). The first-order valence-electron chi connectivity index (χ1n) is 6.80. The third-order valence-corrected chi connectivity index (χ3v) is 5.63. The van der Waals surface area contributed by atoms with E-state index in [1.165, 1.54) is 6.08 Å². The van der Waals surface area contributed by atoms with Crippen LogP contribution in [0, 0.1) is 0 Å². The number of sulfonamides is 1. The molecule has 2 aliphatic heterocycles. The minimum Gasteiger partial charge on any atom is -0.422 e. The number of hydrogen-bond donors (Lipinski definition) is 0. The maximum atomic E-state index is 12.7. The molecule has 0 radical (unpaired) electrons. The molecule has 0 saturated heterocycles. The third-order valence-electron chi connectivity index (χ3n) is 3.57. The van der Waals surface area contributed by atoms with Gasteiger partial charge in [0.2, 0.25) is 0 Å². The summed E-state index contributed by atoms with van der Waals surface area (Å²) < 4.78 is 66.2. The molecule has 25 heavy (non-hydrogen) atoms. The molecule has 0 fully saturated rings. The second-order valence-corrected chi connectivity index (χ2v) is 7.86. The van der Waals surface area contributed by atoms with Crippen LogP contribution in [0.4, 0.5) is 13.2 Å². The Hall–Kier alpha value is -2.07. The Bertz CT molecular complexity index is 1010. The van der Waals surface area contributed by atoms with Crippen molar-refractivity contribution in [2.75, 3.05) is 0 Å². The highest BCUT2D eigenvalue weighted by atomic mass is 79.9. The number of hydrogen-bond acceptors (Lipinski definition) is 4. The standard InChI is InChI=1S/C15H9BrF3NO4S/c16-11-8-20(25(22,23)15(17,18)19)7-6-9(11)13-10-4-2-1-3-5-12(10)24-14(13)21/h1-9H. The van der Waals surface area contributed by atoms with Gasteiger partial charge >= 0.3 is 21.2 Å². The summed E-state index contributed by atoms with van der Waals surface area (Å²) in [5.74, 6) is -0.445. The van der Waals surface area contributed by atoms with Crippen molar-refractivity contribution in [1.29, 1.82) is 0 Å². The first-order chi connectivity index (χ1) is 11.6. The van der Waals surface area contributed by atoms with Crippen LogP contribution in [0.25, 0.3) is 11.3 Å². The molecule has 0 N–H and O–H groups in total. The Balaban J connectivity index is 2.05. The molecular weight excluding hydrogens is 427 g/mol. The maximum absolute atomic E-state index is 12.7.